The van der Waals surface area contributed by atoms with E-state index in [9.17, 15) is 9.59 Å². The molecule has 4 N–H and O–H groups in total. The number of urea groups is 1. The lowest BCUT2D eigenvalue weighted by Gasteiger charge is -2.40. The number of aromatic amines is 1. The molecular weight excluding hydrogens is 422 g/mol. The average Bonchev–Trinajstić information content (AvgIpc) is 3.36. The SMILES string of the molecule is Cc1cnc(C2(NC(=O)Nc3ccc(Cl)c(C(=O)NCc4cccs4)c3)CCC2)[nH]1. The van der Waals surface area contributed by atoms with E-state index in [0.29, 0.717) is 22.8 Å². The van der Waals surface area contributed by atoms with Gasteiger partial charge in [0.15, 0.2) is 0 Å². The van der Waals surface area contributed by atoms with Crippen LogP contribution in [-0.4, -0.2) is 21.9 Å². The summed E-state index contributed by atoms with van der Waals surface area (Å²) in [6, 6.07) is 8.38. The lowest BCUT2D eigenvalue weighted by atomic mass is 9.76. The van der Waals surface area contributed by atoms with Gasteiger partial charge in [-0.05, 0) is 55.8 Å². The van der Waals surface area contributed by atoms with Crippen molar-refractivity contribution in [1.82, 2.24) is 20.6 Å². The predicted octanol–water partition coefficient (Wildman–Crippen LogP) is 4.56. The summed E-state index contributed by atoms with van der Waals surface area (Å²) in [5.74, 6) is 0.477. The molecule has 30 heavy (non-hydrogen) atoms. The van der Waals surface area contributed by atoms with Crippen molar-refractivity contribution in [2.24, 2.45) is 0 Å². The summed E-state index contributed by atoms with van der Waals surface area (Å²) < 4.78 is 0. The van der Waals surface area contributed by atoms with Gasteiger partial charge in [0.05, 0.1) is 22.7 Å². The fourth-order valence-electron chi connectivity index (χ4n) is 3.44. The fourth-order valence-corrected chi connectivity index (χ4v) is 4.29. The molecule has 0 saturated heterocycles. The lowest BCUT2D eigenvalue weighted by Crippen LogP contribution is -2.52. The van der Waals surface area contributed by atoms with Gasteiger partial charge in [0.25, 0.3) is 5.91 Å². The maximum Gasteiger partial charge on any atom is 0.320 e. The summed E-state index contributed by atoms with van der Waals surface area (Å²) in [6.45, 7) is 2.36. The zero-order valence-corrected chi connectivity index (χ0v) is 18.0. The Balaban J connectivity index is 1.42. The first-order valence-electron chi connectivity index (χ1n) is 9.67. The van der Waals surface area contributed by atoms with Crippen LogP contribution in [0, 0.1) is 6.92 Å². The van der Waals surface area contributed by atoms with Crippen LogP contribution in [0.4, 0.5) is 10.5 Å². The number of anilines is 1. The molecule has 7 nitrogen and oxygen atoms in total. The third-order valence-electron chi connectivity index (χ3n) is 5.19. The topological polar surface area (TPSA) is 98.9 Å². The lowest BCUT2D eigenvalue weighted by molar-refractivity contribution is 0.0951. The maximum atomic E-state index is 12.7. The van der Waals surface area contributed by atoms with E-state index in [1.807, 2.05) is 24.4 Å². The highest BCUT2D eigenvalue weighted by atomic mass is 35.5. The van der Waals surface area contributed by atoms with E-state index in [4.69, 9.17) is 11.6 Å². The van der Waals surface area contributed by atoms with E-state index in [1.54, 1.807) is 35.7 Å². The van der Waals surface area contributed by atoms with Crippen LogP contribution in [0.1, 0.15) is 46.0 Å². The molecule has 2 heterocycles. The highest BCUT2D eigenvalue weighted by Crippen LogP contribution is 2.39. The predicted molar refractivity (Wildman–Crippen MR) is 118 cm³/mol. The molecule has 0 atom stereocenters. The number of imidazole rings is 1. The molecule has 156 valence electrons. The summed E-state index contributed by atoms with van der Waals surface area (Å²) in [5, 5.41) is 11.0. The largest absolute Gasteiger partial charge is 0.347 e. The first-order chi connectivity index (χ1) is 14.4. The number of carbonyl (C=O) groups is 2. The molecule has 2 aromatic heterocycles. The molecule has 4 rings (SSSR count). The summed E-state index contributed by atoms with van der Waals surface area (Å²) in [4.78, 5) is 33.9. The van der Waals surface area contributed by atoms with Crippen molar-refractivity contribution in [3.63, 3.8) is 0 Å². The van der Waals surface area contributed by atoms with E-state index >= 15 is 0 Å². The molecular formula is C21H22ClN5O2S. The number of thiophene rings is 1. The van der Waals surface area contributed by atoms with Gasteiger partial charge in [0.1, 0.15) is 5.82 Å². The zero-order valence-electron chi connectivity index (χ0n) is 16.4. The molecule has 1 fully saturated rings. The summed E-state index contributed by atoms with van der Waals surface area (Å²) >= 11 is 7.78. The number of aromatic nitrogens is 2. The quantitative estimate of drug-likeness (QED) is 0.449. The molecule has 1 aromatic carbocycles. The minimum absolute atomic E-state index is 0.293. The minimum Gasteiger partial charge on any atom is -0.347 e. The Morgan fingerprint density at radius 2 is 2.13 bits per heavy atom. The number of nitrogens with zero attached hydrogens (tertiary/aromatic N) is 1. The second kappa shape index (κ2) is 8.49. The van der Waals surface area contributed by atoms with Crippen LogP contribution < -0.4 is 16.0 Å². The number of benzene rings is 1. The zero-order chi connectivity index (χ0) is 21.1. The Bertz CT molecular complexity index is 1060. The number of carbonyl (C=O) groups excluding carboxylic acids is 2. The van der Waals surface area contributed by atoms with E-state index < -0.39 is 5.54 Å². The Morgan fingerprint density at radius 1 is 1.30 bits per heavy atom. The normalized spacial score (nSPS) is 14.6. The molecule has 3 amide bonds. The van der Waals surface area contributed by atoms with Crippen molar-refractivity contribution in [3.8, 4) is 0 Å². The first kappa shape index (κ1) is 20.4. The van der Waals surface area contributed by atoms with Crippen LogP contribution in [0.2, 0.25) is 5.02 Å². The number of H-pyrrole nitrogens is 1. The molecule has 1 saturated carbocycles. The minimum atomic E-state index is -0.480. The molecule has 1 aliphatic carbocycles. The Labute approximate surface area is 183 Å². The molecule has 0 aliphatic heterocycles. The van der Waals surface area contributed by atoms with Gasteiger partial charge in [-0.3, -0.25) is 4.79 Å². The van der Waals surface area contributed by atoms with Crippen molar-refractivity contribution < 1.29 is 9.59 Å². The van der Waals surface area contributed by atoms with Gasteiger partial charge in [-0.2, -0.15) is 0 Å². The number of nitrogens with one attached hydrogen (secondary N) is 4. The van der Waals surface area contributed by atoms with Gasteiger partial charge in [0, 0.05) is 22.5 Å². The number of amides is 3. The van der Waals surface area contributed by atoms with Gasteiger partial charge >= 0.3 is 6.03 Å². The van der Waals surface area contributed by atoms with Crippen LogP contribution in [-0.2, 0) is 12.1 Å². The van der Waals surface area contributed by atoms with Crippen LogP contribution in [0.3, 0.4) is 0 Å². The highest BCUT2D eigenvalue weighted by Gasteiger charge is 2.42. The van der Waals surface area contributed by atoms with Crippen LogP contribution >= 0.6 is 22.9 Å². The van der Waals surface area contributed by atoms with Gasteiger partial charge < -0.3 is 20.9 Å². The molecule has 1 aliphatic rings. The van der Waals surface area contributed by atoms with E-state index in [2.05, 4.69) is 25.9 Å². The number of hydrogen-bond donors (Lipinski definition) is 4. The monoisotopic (exact) mass is 443 g/mol. The van der Waals surface area contributed by atoms with E-state index in [0.717, 1.165) is 35.7 Å². The van der Waals surface area contributed by atoms with Crippen molar-refractivity contribution in [2.75, 3.05) is 5.32 Å². The van der Waals surface area contributed by atoms with Crippen molar-refractivity contribution in [2.45, 2.75) is 38.3 Å². The van der Waals surface area contributed by atoms with Crippen LogP contribution in [0.5, 0.6) is 0 Å². The van der Waals surface area contributed by atoms with Crippen molar-refractivity contribution in [1.29, 1.82) is 0 Å². The van der Waals surface area contributed by atoms with Crippen LogP contribution in [0.15, 0.2) is 41.9 Å². The molecule has 0 bridgehead atoms. The van der Waals surface area contributed by atoms with Gasteiger partial charge in [0.2, 0.25) is 0 Å². The van der Waals surface area contributed by atoms with Gasteiger partial charge in [-0.25, -0.2) is 9.78 Å². The molecule has 0 spiro atoms. The first-order valence-corrected chi connectivity index (χ1v) is 10.9. The highest BCUT2D eigenvalue weighted by molar-refractivity contribution is 7.09. The maximum absolute atomic E-state index is 12.7. The van der Waals surface area contributed by atoms with Crippen molar-refractivity contribution >= 4 is 40.6 Å². The second-order valence-corrected chi connectivity index (χ2v) is 8.83. The standard InChI is InChI=1S/C21H22ClN5O2S/c1-13-11-24-19(25-13)21(7-3-8-21)27-20(29)26-14-5-6-17(22)16(10-14)18(28)23-12-15-4-2-9-30-15/h2,4-6,9-11H,3,7-8,12H2,1H3,(H,23,28)(H,24,25)(H2,26,27,29). The smallest absolute Gasteiger partial charge is 0.320 e. The van der Waals surface area contributed by atoms with Crippen LogP contribution in [0.25, 0.3) is 0 Å². The Hall–Kier alpha value is -2.84. The summed E-state index contributed by atoms with van der Waals surface area (Å²) in [6.07, 6.45) is 4.43. The number of hydrogen-bond acceptors (Lipinski definition) is 4. The molecule has 3 aromatic rings. The van der Waals surface area contributed by atoms with Crippen molar-refractivity contribution in [3.05, 3.63) is 68.9 Å². The van der Waals surface area contributed by atoms with E-state index in [1.165, 1.54) is 0 Å². The third kappa shape index (κ3) is 4.34. The molecule has 0 unspecified atom stereocenters. The van der Waals surface area contributed by atoms with Gasteiger partial charge in [-0.1, -0.05) is 17.7 Å². The third-order valence-corrected chi connectivity index (χ3v) is 6.39. The summed E-state index contributed by atoms with van der Waals surface area (Å²) in [5.41, 5.74) is 1.27. The Morgan fingerprint density at radius 3 is 2.77 bits per heavy atom. The van der Waals surface area contributed by atoms with E-state index in [-0.39, 0.29) is 11.9 Å². The number of aryl methyl sites for hydroxylation is 1. The number of rotatable bonds is 6. The molecule has 0 radical (unpaired) electrons. The van der Waals surface area contributed by atoms with Gasteiger partial charge in [-0.15, -0.1) is 11.3 Å². The average molecular weight is 444 g/mol. The Kier molecular flexibility index (Phi) is 5.78. The fraction of sp³-hybridized carbons (Fsp3) is 0.286. The molecule has 9 heteroatoms. The second-order valence-electron chi connectivity index (χ2n) is 7.39. The summed E-state index contributed by atoms with van der Waals surface area (Å²) in [7, 11) is 0. The number of halogens is 1.